The number of halogens is 1. The number of sulfonamides is 1. The second kappa shape index (κ2) is 5.69. The molecule has 2 rings (SSSR count). The molecule has 0 aliphatic rings. The average molecular weight is 297 g/mol. The molecule has 0 saturated heterocycles. The summed E-state index contributed by atoms with van der Waals surface area (Å²) in [6.45, 7) is 0. The number of hydrogen-bond acceptors (Lipinski definition) is 3. The fourth-order valence-electron chi connectivity index (χ4n) is 1.66. The van der Waals surface area contributed by atoms with Gasteiger partial charge in [0.05, 0.1) is 5.38 Å². The molecule has 4 nitrogen and oxygen atoms in total. The van der Waals surface area contributed by atoms with Gasteiger partial charge in [0, 0.05) is 18.3 Å². The van der Waals surface area contributed by atoms with Gasteiger partial charge in [-0.05, 0) is 17.7 Å². The van der Waals surface area contributed by atoms with E-state index in [1.807, 2.05) is 30.3 Å². The summed E-state index contributed by atoms with van der Waals surface area (Å²) < 4.78 is 22.2. The van der Waals surface area contributed by atoms with Crippen LogP contribution in [-0.2, 0) is 16.4 Å². The van der Waals surface area contributed by atoms with Crippen LogP contribution in [0.15, 0.2) is 53.6 Å². The molecule has 19 heavy (non-hydrogen) atoms. The smallest absolute Gasteiger partial charge is 0.239 e. The van der Waals surface area contributed by atoms with Crippen LogP contribution in [0.1, 0.15) is 16.6 Å². The molecule has 6 heteroatoms. The highest BCUT2D eigenvalue weighted by Crippen LogP contribution is 2.24. The molecule has 0 bridgehead atoms. The molecule has 0 fully saturated rings. The number of nitrogens with zero attached hydrogens (tertiary/aromatic N) is 1. The first-order chi connectivity index (χ1) is 8.97. The van der Waals surface area contributed by atoms with E-state index in [1.54, 1.807) is 6.07 Å². The Kier molecular flexibility index (Phi) is 4.19. The lowest BCUT2D eigenvalue weighted by molar-refractivity contribution is 0.597. The summed E-state index contributed by atoms with van der Waals surface area (Å²) in [6, 6.07) is 12.7. The predicted octanol–water partition coefficient (Wildman–Crippen LogP) is 2.25. The van der Waals surface area contributed by atoms with Crippen molar-refractivity contribution in [2.75, 3.05) is 0 Å². The number of rotatable bonds is 4. The Morgan fingerprint density at radius 3 is 2.37 bits per heavy atom. The van der Waals surface area contributed by atoms with Crippen molar-refractivity contribution in [1.29, 1.82) is 0 Å². The third-order valence-corrected chi connectivity index (χ3v) is 3.98. The van der Waals surface area contributed by atoms with E-state index >= 15 is 0 Å². The maximum Gasteiger partial charge on any atom is 0.239 e. The first-order valence-corrected chi connectivity index (χ1v) is 7.62. The monoisotopic (exact) mass is 296 g/mol. The molecule has 1 unspecified atom stereocenters. The van der Waals surface area contributed by atoms with Crippen molar-refractivity contribution in [3.05, 3.63) is 59.9 Å². The number of primary sulfonamides is 1. The van der Waals surface area contributed by atoms with Gasteiger partial charge in [-0.2, -0.15) is 0 Å². The van der Waals surface area contributed by atoms with Gasteiger partial charge in [0.15, 0.2) is 0 Å². The van der Waals surface area contributed by atoms with Crippen LogP contribution in [-0.4, -0.2) is 13.4 Å². The maximum atomic E-state index is 11.1. The molecule has 0 spiro atoms. The van der Waals surface area contributed by atoms with Crippen molar-refractivity contribution in [2.45, 2.75) is 16.7 Å². The van der Waals surface area contributed by atoms with E-state index in [4.69, 9.17) is 16.7 Å². The van der Waals surface area contributed by atoms with Crippen LogP contribution in [0.5, 0.6) is 0 Å². The Balaban J connectivity index is 2.12. The molecule has 0 amide bonds. The van der Waals surface area contributed by atoms with Gasteiger partial charge in [0.25, 0.3) is 0 Å². The van der Waals surface area contributed by atoms with Gasteiger partial charge in [-0.3, -0.25) is 4.98 Å². The van der Waals surface area contributed by atoms with Crippen LogP contribution >= 0.6 is 11.6 Å². The minimum absolute atomic E-state index is 0.00193. The lowest BCUT2D eigenvalue weighted by Gasteiger charge is -2.09. The van der Waals surface area contributed by atoms with Crippen LogP contribution in [0.3, 0.4) is 0 Å². The van der Waals surface area contributed by atoms with Gasteiger partial charge in [-0.25, -0.2) is 13.6 Å². The first kappa shape index (κ1) is 14.0. The number of nitrogens with two attached hydrogens (primary N) is 1. The molecule has 1 aromatic heterocycles. The van der Waals surface area contributed by atoms with E-state index < -0.39 is 10.0 Å². The van der Waals surface area contributed by atoms with Crippen LogP contribution < -0.4 is 5.14 Å². The summed E-state index contributed by atoms with van der Waals surface area (Å²) in [7, 11) is -3.70. The first-order valence-electron chi connectivity index (χ1n) is 5.63. The van der Waals surface area contributed by atoms with Gasteiger partial charge in [-0.15, -0.1) is 11.6 Å². The molecule has 100 valence electrons. The number of benzene rings is 1. The average Bonchev–Trinajstić information content (AvgIpc) is 2.39. The third-order valence-electron chi connectivity index (χ3n) is 2.68. The van der Waals surface area contributed by atoms with Crippen molar-refractivity contribution >= 4 is 21.6 Å². The third kappa shape index (κ3) is 3.76. The summed E-state index contributed by atoms with van der Waals surface area (Å²) in [4.78, 5) is 4.07. The second-order valence-corrected chi connectivity index (χ2v) is 6.20. The van der Waals surface area contributed by atoms with E-state index in [2.05, 4.69) is 4.98 Å². The predicted molar refractivity (Wildman–Crippen MR) is 74.4 cm³/mol. The minimum atomic E-state index is -3.70. The molecular formula is C13H13ClN2O2S. The molecule has 1 heterocycles. The van der Waals surface area contributed by atoms with Gasteiger partial charge >= 0.3 is 0 Å². The summed E-state index contributed by atoms with van der Waals surface area (Å²) >= 11 is 6.29. The van der Waals surface area contributed by atoms with Crippen molar-refractivity contribution in [3.63, 3.8) is 0 Å². The van der Waals surface area contributed by atoms with Gasteiger partial charge in [-0.1, -0.05) is 30.3 Å². The maximum absolute atomic E-state index is 11.1. The summed E-state index contributed by atoms with van der Waals surface area (Å²) in [5.41, 5.74) is 1.72. The van der Waals surface area contributed by atoms with E-state index in [1.165, 1.54) is 12.3 Å². The molecule has 1 atom stereocenters. The molecule has 2 N–H and O–H groups in total. The van der Waals surface area contributed by atoms with E-state index in [0.717, 1.165) is 11.3 Å². The summed E-state index contributed by atoms with van der Waals surface area (Å²) in [5.74, 6) is 0. The standard InChI is InChI=1S/C13H13ClN2O2S/c14-13(10-4-2-1-3-5-10)8-11-6-7-12(9-16-11)19(15,17)18/h1-7,9,13H,8H2,(H2,15,17,18). The molecule has 1 aromatic carbocycles. The zero-order valence-electron chi connectivity index (χ0n) is 10.0. The molecular weight excluding hydrogens is 284 g/mol. The van der Waals surface area contributed by atoms with Crippen LogP contribution in [0.25, 0.3) is 0 Å². The number of aromatic nitrogens is 1. The van der Waals surface area contributed by atoms with Gasteiger partial charge in [0.1, 0.15) is 4.90 Å². The van der Waals surface area contributed by atoms with Crippen molar-refractivity contribution in [2.24, 2.45) is 5.14 Å². The fraction of sp³-hybridized carbons (Fsp3) is 0.154. The normalized spacial score (nSPS) is 13.2. The molecule has 0 aliphatic heterocycles. The molecule has 0 radical (unpaired) electrons. The van der Waals surface area contributed by atoms with Crippen LogP contribution in [0, 0.1) is 0 Å². The van der Waals surface area contributed by atoms with Crippen LogP contribution in [0.2, 0.25) is 0 Å². The van der Waals surface area contributed by atoms with E-state index in [-0.39, 0.29) is 10.3 Å². The molecule has 2 aromatic rings. The van der Waals surface area contributed by atoms with Crippen molar-refractivity contribution < 1.29 is 8.42 Å². The van der Waals surface area contributed by atoms with E-state index in [9.17, 15) is 8.42 Å². The quantitative estimate of drug-likeness (QED) is 0.880. The fourth-order valence-corrected chi connectivity index (χ4v) is 2.42. The SMILES string of the molecule is NS(=O)(=O)c1ccc(CC(Cl)c2ccccc2)nc1. The topological polar surface area (TPSA) is 73.1 Å². The number of hydrogen-bond donors (Lipinski definition) is 1. The van der Waals surface area contributed by atoms with Crippen molar-refractivity contribution in [3.8, 4) is 0 Å². The highest BCUT2D eigenvalue weighted by Gasteiger charge is 2.11. The summed E-state index contributed by atoms with van der Waals surface area (Å²) in [6.07, 6.45) is 1.77. The Morgan fingerprint density at radius 1 is 1.16 bits per heavy atom. The van der Waals surface area contributed by atoms with E-state index in [0.29, 0.717) is 6.42 Å². The lowest BCUT2D eigenvalue weighted by atomic mass is 10.1. The molecule has 0 saturated carbocycles. The zero-order chi connectivity index (χ0) is 13.9. The Hall–Kier alpha value is -1.43. The number of pyridine rings is 1. The highest BCUT2D eigenvalue weighted by molar-refractivity contribution is 7.89. The van der Waals surface area contributed by atoms with Gasteiger partial charge < -0.3 is 0 Å². The largest absolute Gasteiger partial charge is 0.260 e. The Morgan fingerprint density at radius 2 is 1.84 bits per heavy atom. The lowest BCUT2D eigenvalue weighted by Crippen LogP contribution is -2.12. The number of alkyl halides is 1. The highest BCUT2D eigenvalue weighted by atomic mass is 35.5. The Bertz CT molecular complexity index is 642. The molecule has 0 aliphatic carbocycles. The Labute approximate surface area is 117 Å². The van der Waals surface area contributed by atoms with Crippen molar-refractivity contribution in [1.82, 2.24) is 4.98 Å². The second-order valence-electron chi connectivity index (χ2n) is 4.11. The minimum Gasteiger partial charge on any atom is -0.260 e. The summed E-state index contributed by atoms with van der Waals surface area (Å²) in [5, 5.41) is 4.81. The van der Waals surface area contributed by atoms with Crippen LogP contribution in [0.4, 0.5) is 0 Å². The zero-order valence-corrected chi connectivity index (χ0v) is 11.6. The van der Waals surface area contributed by atoms with Gasteiger partial charge in [0.2, 0.25) is 10.0 Å².